The molecule has 0 saturated carbocycles. The van der Waals surface area contributed by atoms with Crippen LogP contribution in [0.3, 0.4) is 0 Å². The highest BCUT2D eigenvalue weighted by Gasteiger charge is 2.21. The highest BCUT2D eigenvalue weighted by Crippen LogP contribution is 2.46. The van der Waals surface area contributed by atoms with Crippen molar-refractivity contribution in [1.29, 1.82) is 0 Å². The van der Waals surface area contributed by atoms with E-state index in [2.05, 4.69) is 200 Å². The first-order chi connectivity index (χ1) is 28.3. The molecule has 0 saturated heterocycles. The zero-order valence-corrected chi connectivity index (χ0v) is 31.5. The molecule has 57 heavy (non-hydrogen) atoms. The quantitative estimate of drug-likeness (QED) is 0.131. The largest absolute Gasteiger partial charge is 0.324 e. The Morgan fingerprint density at radius 3 is 1.46 bits per heavy atom. The summed E-state index contributed by atoms with van der Waals surface area (Å²) in [5.41, 5.74) is 8.29. The molecular formula is C55H36N2. The maximum absolute atomic E-state index is 5.26. The summed E-state index contributed by atoms with van der Waals surface area (Å²) in [6.45, 7) is 3.05. The first-order valence-electron chi connectivity index (χ1n) is 19.9. The van der Waals surface area contributed by atoms with Crippen molar-refractivity contribution in [2.45, 2.75) is 13.5 Å². The normalized spacial score (nSPS) is 12.0. The molecule has 2 heteroatoms. The van der Waals surface area contributed by atoms with E-state index in [1.807, 2.05) is 0 Å². The van der Waals surface area contributed by atoms with Crippen molar-refractivity contribution in [3.05, 3.63) is 188 Å². The van der Waals surface area contributed by atoms with E-state index in [1.165, 1.54) is 109 Å². The second-order valence-corrected chi connectivity index (χ2v) is 15.2. The van der Waals surface area contributed by atoms with E-state index >= 15 is 0 Å². The predicted octanol–water partition coefficient (Wildman–Crippen LogP) is 15.1. The number of aryl methyl sites for hydroxylation is 1. The van der Waals surface area contributed by atoms with Crippen LogP contribution in [0.4, 0.5) is 0 Å². The smallest absolute Gasteiger partial charge is 0.142 e. The van der Waals surface area contributed by atoms with Gasteiger partial charge in [-0.3, -0.25) is 0 Å². The Balaban J connectivity index is 1.11. The van der Waals surface area contributed by atoms with Gasteiger partial charge in [0.2, 0.25) is 0 Å². The van der Waals surface area contributed by atoms with Crippen LogP contribution in [0.1, 0.15) is 6.92 Å². The van der Waals surface area contributed by atoms with Crippen molar-refractivity contribution in [3.8, 4) is 33.6 Å². The maximum atomic E-state index is 5.26. The Bertz CT molecular complexity index is 3550. The van der Waals surface area contributed by atoms with Crippen LogP contribution in [0.5, 0.6) is 0 Å². The molecule has 11 aromatic carbocycles. The second-order valence-electron chi connectivity index (χ2n) is 15.2. The van der Waals surface area contributed by atoms with Crippen LogP contribution >= 0.6 is 0 Å². The van der Waals surface area contributed by atoms with Crippen LogP contribution in [-0.2, 0) is 6.54 Å². The Kier molecular flexibility index (Phi) is 6.94. The van der Waals surface area contributed by atoms with E-state index in [0.29, 0.717) is 0 Å². The third-order valence-electron chi connectivity index (χ3n) is 12.3. The van der Waals surface area contributed by atoms with E-state index in [0.717, 1.165) is 17.9 Å². The van der Waals surface area contributed by atoms with E-state index in [1.54, 1.807) is 0 Å². The number of imidazole rings is 1. The molecule has 0 bridgehead atoms. The highest BCUT2D eigenvalue weighted by molar-refractivity contribution is 6.34. The summed E-state index contributed by atoms with van der Waals surface area (Å²) < 4.78 is 2.36. The fourth-order valence-electron chi connectivity index (χ4n) is 9.93. The van der Waals surface area contributed by atoms with Crippen LogP contribution in [0, 0.1) is 0 Å². The van der Waals surface area contributed by atoms with Crippen LogP contribution in [0.2, 0.25) is 0 Å². The molecule has 1 aromatic heterocycles. The van der Waals surface area contributed by atoms with Gasteiger partial charge in [0.25, 0.3) is 0 Å². The van der Waals surface area contributed by atoms with Crippen molar-refractivity contribution < 1.29 is 0 Å². The number of para-hydroxylation sites is 2. The fraction of sp³-hybridized carbons (Fsp3) is 0.0364. The highest BCUT2D eigenvalue weighted by atomic mass is 15.1. The van der Waals surface area contributed by atoms with Gasteiger partial charge in [0.15, 0.2) is 0 Å². The minimum absolute atomic E-state index is 0.841. The van der Waals surface area contributed by atoms with E-state index in [-0.39, 0.29) is 0 Å². The van der Waals surface area contributed by atoms with Gasteiger partial charge in [-0.2, -0.15) is 0 Å². The summed E-state index contributed by atoms with van der Waals surface area (Å²) in [6.07, 6.45) is 0. The van der Waals surface area contributed by atoms with Gasteiger partial charge in [0.05, 0.1) is 11.0 Å². The number of aromatic nitrogens is 2. The summed E-state index contributed by atoms with van der Waals surface area (Å²) >= 11 is 0. The van der Waals surface area contributed by atoms with Crippen molar-refractivity contribution in [1.82, 2.24) is 9.55 Å². The van der Waals surface area contributed by atoms with Gasteiger partial charge in [0, 0.05) is 12.1 Å². The van der Waals surface area contributed by atoms with Gasteiger partial charge in [-0.1, -0.05) is 170 Å². The summed E-state index contributed by atoms with van der Waals surface area (Å²) in [6, 6.07) is 69.5. The van der Waals surface area contributed by atoms with Gasteiger partial charge in [-0.05, 0) is 123 Å². The van der Waals surface area contributed by atoms with Gasteiger partial charge >= 0.3 is 0 Å². The van der Waals surface area contributed by atoms with E-state index in [4.69, 9.17) is 4.98 Å². The molecule has 266 valence electrons. The third kappa shape index (κ3) is 4.62. The molecule has 0 radical (unpaired) electrons. The Morgan fingerprint density at radius 1 is 0.386 bits per heavy atom. The van der Waals surface area contributed by atoms with Crippen molar-refractivity contribution in [2.75, 3.05) is 0 Å². The van der Waals surface area contributed by atoms with Crippen LogP contribution in [0.25, 0.3) is 120 Å². The lowest BCUT2D eigenvalue weighted by Crippen LogP contribution is -1.99. The lowest BCUT2D eigenvalue weighted by molar-refractivity contribution is 0.798. The van der Waals surface area contributed by atoms with E-state index in [9.17, 15) is 0 Å². The minimum atomic E-state index is 0.841. The summed E-state index contributed by atoms with van der Waals surface area (Å²) in [5.74, 6) is 1.02. The topological polar surface area (TPSA) is 17.8 Å². The Labute approximate surface area is 329 Å². The van der Waals surface area contributed by atoms with Gasteiger partial charge in [-0.25, -0.2) is 4.98 Å². The summed E-state index contributed by atoms with van der Waals surface area (Å²) in [4.78, 5) is 5.26. The number of hydrogen-bond acceptors (Lipinski definition) is 1. The molecular weight excluding hydrogens is 689 g/mol. The predicted molar refractivity (Wildman–Crippen MR) is 244 cm³/mol. The summed E-state index contributed by atoms with van der Waals surface area (Å²) in [5, 5.41) is 17.7. The second kappa shape index (κ2) is 12.4. The van der Waals surface area contributed by atoms with Crippen molar-refractivity contribution >= 4 is 86.4 Å². The molecule has 0 amide bonds. The van der Waals surface area contributed by atoms with Crippen LogP contribution < -0.4 is 0 Å². The Hall–Kier alpha value is -7.29. The molecule has 0 unspecified atom stereocenters. The molecule has 0 aliphatic rings. The average molecular weight is 725 g/mol. The molecule has 0 N–H and O–H groups in total. The van der Waals surface area contributed by atoms with Crippen molar-refractivity contribution in [2.24, 2.45) is 0 Å². The molecule has 0 aliphatic carbocycles. The fourth-order valence-corrected chi connectivity index (χ4v) is 9.93. The third-order valence-corrected chi connectivity index (χ3v) is 12.3. The van der Waals surface area contributed by atoms with E-state index < -0.39 is 0 Å². The molecule has 12 aromatic rings. The number of hydrogen-bond donors (Lipinski definition) is 0. The molecule has 0 spiro atoms. The van der Waals surface area contributed by atoms with Crippen LogP contribution in [-0.4, -0.2) is 9.55 Å². The van der Waals surface area contributed by atoms with Crippen molar-refractivity contribution in [3.63, 3.8) is 0 Å². The minimum Gasteiger partial charge on any atom is -0.324 e. The maximum Gasteiger partial charge on any atom is 0.142 e. The molecule has 0 aliphatic heterocycles. The Morgan fingerprint density at radius 2 is 0.842 bits per heavy atom. The first-order valence-corrected chi connectivity index (χ1v) is 19.9. The zero-order valence-electron chi connectivity index (χ0n) is 31.5. The lowest BCUT2D eigenvalue weighted by atomic mass is 9.86. The molecule has 0 fully saturated rings. The lowest BCUT2D eigenvalue weighted by Gasteiger charge is -2.19. The first kappa shape index (κ1) is 32.0. The zero-order chi connectivity index (χ0) is 37.6. The summed E-state index contributed by atoms with van der Waals surface area (Å²) in [7, 11) is 0. The van der Waals surface area contributed by atoms with Gasteiger partial charge in [-0.15, -0.1) is 0 Å². The number of benzene rings is 10. The molecule has 0 atom stereocenters. The van der Waals surface area contributed by atoms with Crippen LogP contribution in [0.15, 0.2) is 188 Å². The molecule has 2 nitrogen and oxygen atoms in total. The van der Waals surface area contributed by atoms with Gasteiger partial charge in [0.1, 0.15) is 5.82 Å². The SMILES string of the molecule is CCn1c(-c2c3ccccc3c(-c3ccc(-c4cc5cccc6c7ccccc7c7ccccc7c7cccc4c7c56)cc3)c3ccccc23)nc2ccccc21. The number of rotatable bonds is 4. The average Bonchev–Trinajstić information content (AvgIpc) is 3.65. The van der Waals surface area contributed by atoms with Gasteiger partial charge < -0.3 is 4.57 Å². The molecule has 1 heterocycles. The number of nitrogens with zero attached hydrogens (tertiary/aromatic N) is 2. The number of fused-ring (bicyclic) bond motifs is 8. The standard InChI is InChI=1S/C55H36N2/c1-2-57-50-28-12-11-27-49(50)56-55(57)54-45-22-9-7-20-43(45)51(44-21-8-10-23-46(44)54)35-31-29-34(30-32-35)48-33-36-15-13-24-41-39-18-5-3-16-37(39)38-17-4-6-19-40(38)42-25-14-26-47(48)53(42)52(36)41/h3-33H,2H2,1H3. The molecule has 12 rings (SSSR count). The monoisotopic (exact) mass is 724 g/mol.